The summed E-state index contributed by atoms with van der Waals surface area (Å²) < 4.78 is 26.2. The molecule has 0 unspecified atom stereocenters. The van der Waals surface area contributed by atoms with Crippen molar-refractivity contribution in [2.45, 2.75) is 32.7 Å². The molecule has 9 nitrogen and oxygen atoms in total. The zero-order valence-electron chi connectivity index (χ0n) is 17.2. The summed E-state index contributed by atoms with van der Waals surface area (Å²) in [4.78, 5) is 22.6. The molecule has 9 heteroatoms. The zero-order valence-corrected chi connectivity index (χ0v) is 17.2. The second-order valence-corrected chi connectivity index (χ2v) is 6.69. The lowest BCUT2D eigenvalue weighted by Gasteiger charge is -2.19. The summed E-state index contributed by atoms with van der Waals surface area (Å²) in [6.07, 6.45) is 4.85. The Balaban J connectivity index is 3.21. The van der Waals surface area contributed by atoms with E-state index in [0.717, 1.165) is 0 Å². The van der Waals surface area contributed by atoms with Crippen molar-refractivity contribution in [2.75, 3.05) is 66.0 Å². The number of terminal acetylenes is 1. The molecule has 0 aliphatic carbocycles. The van der Waals surface area contributed by atoms with Crippen LogP contribution in [0.2, 0.25) is 0 Å². The minimum atomic E-state index is -0.458. The van der Waals surface area contributed by atoms with Crippen LogP contribution in [0.4, 0.5) is 4.79 Å². The minimum absolute atomic E-state index is 0.130. The fourth-order valence-corrected chi connectivity index (χ4v) is 1.70. The van der Waals surface area contributed by atoms with Crippen molar-refractivity contribution < 1.29 is 33.3 Å². The normalized spacial score (nSPS) is 10.9. The fourth-order valence-electron chi connectivity index (χ4n) is 1.70. The van der Waals surface area contributed by atoms with Gasteiger partial charge in [-0.2, -0.15) is 0 Å². The summed E-state index contributed by atoms with van der Waals surface area (Å²) in [7, 11) is 0. The molecule has 2 N–H and O–H groups in total. The number of hydrogen-bond acceptors (Lipinski definition) is 7. The smallest absolute Gasteiger partial charge is 0.407 e. The van der Waals surface area contributed by atoms with Gasteiger partial charge in [-0.25, -0.2) is 4.79 Å². The first kappa shape index (κ1) is 26.1. The van der Waals surface area contributed by atoms with Gasteiger partial charge in [0.05, 0.1) is 59.4 Å². The lowest BCUT2D eigenvalue weighted by Crippen LogP contribution is -2.41. The third-order valence-electron chi connectivity index (χ3n) is 2.91. The molecular weight excluding hydrogens is 368 g/mol. The number of carbonyl (C=O) groups is 2. The minimum Gasteiger partial charge on any atom is -0.447 e. The molecule has 0 bridgehead atoms. The quantitative estimate of drug-likeness (QED) is 0.289. The lowest BCUT2D eigenvalue weighted by molar-refractivity contribution is -0.122. The van der Waals surface area contributed by atoms with Crippen LogP contribution in [0.5, 0.6) is 0 Å². The molecule has 2 amide bonds. The lowest BCUT2D eigenvalue weighted by atomic mass is 10.1. The van der Waals surface area contributed by atoms with Crippen LogP contribution in [0.1, 0.15) is 27.2 Å². The van der Waals surface area contributed by atoms with E-state index in [1.165, 1.54) is 0 Å². The van der Waals surface area contributed by atoms with Crippen molar-refractivity contribution in [1.29, 1.82) is 0 Å². The van der Waals surface area contributed by atoms with Crippen molar-refractivity contribution in [2.24, 2.45) is 0 Å². The van der Waals surface area contributed by atoms with Gasteiger partial charge in [0.15, 0.2) is 0 Å². The SMILES string of the molecule is C#CCNC(=O)CCOCCOCCOCCOCCOC(=O)NC(C)(C)C. The highest BCUT2D eigenvalue weighted by molar-refractivity contribution is 5.76. The van der Waals surface area contributed by atoms with E-state index in [9.17, 15) is 9.59 Å². The van der Waals surface area contributed by atoms with E-state index in [0.29, 0.717) is 52.9 Å². The fraction of sp³-hybridized carbons (Fsp3) is 0.789. The molecule has 0 aliphatic heterocycles. The highest BCUT2D eigenvalue weighted by Crippen LogP contribution is 1.98. The van der Waals surface area contributed by atoms with Gasteiger partial charge < -0.3 is 34.3 Å². The van der Waals surface area contributed by atoms with Crippen LogP contribution in [0.3, 0.4) is 0 Å². The molecule has 0 aliphatic rings. The van der Waals surface area contributed by atoms with Gasteiger partial charge in [-0.15, -0.1) is 6.42 Å². The van der Waals surface area contributed by atoms with Crippen molar-refractivity contribution in [3.63, 3.8) is 0 Å². The first-order chi connectivity index (χ1) is 13.3. The Morgan fingerprint density at radius 3 is 1.75 bits per heavy atom. The average molecular weight is 402 g/mol. The van der Waals surface area contributed by atoms with Crippen LogP contribution in [0, 0.1) is 12.3 Å². The van der Waals surface area contributed by atoms with E-state index in [4.69, 9.17) is 30.1 Å². The Bertz CT molecular complexity index is 458. The topological polar surface area (TPSA) is 104 Å². The van der Waals surface area contributed by atoms with Crippen molar-refractivity contribution in [1.82, 2.24) is 10.6 Å². The van der Waals surface area contributed by atoms with E-state index < -0.39 is 6.09 Å². The summed E-state index contributed by atoms with van der Waals surface area (Å²) in [6, 6.07) is 0. The molecule has 0 aromatic heterocycles. The Kier molecular flexibility index (Phi) is 16.1. The Hall–Kier alpha value is -1.86. The van der Waals surface area contributed by atoms with Gasteiger partial charge in [-0.05, 0) is 20.8 Å². The third-order valence-corrected chi connectivity index (χ3v) is 2.91. The molecule has 0 atom stereocenters. The van der Waals surface area contributed by atoms with Crippen LogP contribution in [0.25, 0.3) is 0 Å². The Morgan fingerprint density at radius 1 is 0.821 bits per heavy atom. The largest absolute Gasteiger partial charge is 0.447 e. The predicted octanol–water partition coefficient (Wildman–Crippen LogP) is 0.717. The van der Waals surface area contributed by atoms with Gasteiger partial charge in [0.2, 0.25) is 5.91 Å². The van der Waals surface area contributed by atoms with Crippen molar-refractivity contribution >= 4 is 12.0 Å². The average Bonchev–Trinajstić information content (AvgIpc) is 2.61. The maximum absolute atomic E-state index is 11.4. The van der Waals surface area contributed by atoms with Gasteiger partial charge in [0, 0.05) is 12.0 Å². The van der Waals surface area contributed by atoms with E-state index in [-0.39, 0.29) is 31.0 Å². The number of hydrogen-bond donors (Lipinski definition) is 2. The molecule has 0 saturated carbocycles. The second-order valence-electron chi connectivity index (χ2n) is 6.69. The molecule has 0 saturated heterocycles. The van der Waals surface area contributed by atoms with Crippen LogP contribution in [0.15, 0.2) is 0 Å². The van der Waals surface area contributed by atoms with Gasteiger partial charge >= 0.3 is 6.09 Å². The molecule has 0 aromatic carbocycles. The van der Waals surface area contributed by atoms with Crippen molar-refractivity contribution in [3.05, 3.63) is 0 Å². The van der Waals surface area contributed by atoms with Gasteiger partial charge in [-0.3, -0.25) is 4.79 Å². The molecule has 0 aromatic rings. The maximum Gasteiger partial charge on any atom is 0.407 e. The Labute approximate surface area is 167 Å². The predicted molar refractivity (Wildman–Crippen MR) is 104 cm³/mol. The van der Waals surface area contributed by atoms with E-state index in [1.54, 1.807) is 0 Å². The summed E-state index contributed by atoms with van der Waals surface area (Å²) in [5.74, 6) is 2.20. The van der Waals surface area contributed by atoms with Crippen LogP contribution in [-0.4, -0.2) is 83.5 Å². The van der Waals surface area contributed by atoms with E-state index in [2.05, 4.69) is 16.6 Å². The van der Waals surface area contributed by atoms with Crippen LogP contribution < -0.4 is 10.6 Å². The number of rotatable bonds is 16. The highest BCUT2D eigenvalue weighted by Gasteiger charge is 2.14. The standard InChI is InChI=1S/C19H34N2O7/c1-5-7-20-17(22)6-8-24-9-10-25-11-12-26-13-14-27-15-16-28-18(23)21-19(2,3)4/h1H,6-16H2,2-4H3,(H,20,22)(H,21,23). The van der Waals surface area contributed by atoms with Crippen molar-refractivity contribution in [3.8, 4) is 12.3 Å². The first-order valence-corrected chi connectivity index (χ1v) is 9.31. The van der Waals surface area contributed by atoms with Gasteiger partial charge in [-0.1, -0.05) is 5.92 Å². The molecule has 0 spiro atoms. The molecule has 0 fully saturated rings. The summed E-state index contributed by atoms with van der Waals surface area (Å²) in [5.41, 5.74) is -0.321. The zero-order chi connectivity index (χ0) is 21.1. The molecule has 162 valence electrons. The first-order valence-electron chi connectivity index (χ1n) is 9.31. The molecule has 0 radical (unpaired) electrons. The number of alkyl carbamates (subject to hydrolysis) is 1. The van der Waals surface area contributed by atoms with E-state index >= 15 is 0 Å². The maximum atomic E-state index is 11.4. The summed E-state index contributed by atoms with van der Waals surface area (Å²) in [6.45, 7) is 9.28. The molecule has 0 heterocycles. The van der Waals surface area contributed by atoms with E-state index in [1.807, 2.05) is 20.8 Å². The summed E-state index contributed by atoms with van der Waals surface area (Å²) in [5, 5.41) is 5.24. The molecule has 28 heavy (non-hydrogen) atoms. The highest BCUT2D eigenvalue weighted by atomic mass is 16.6. The molecular formula is C19H34N2O7. The Morgan fingerprint density at radius 2 is 1.29 bits per heavy atom. The number of nitrogens with one attached hydrogen (secondary N) is 2. The van der Waals surface area contributed by atoms with Gasteiger partial charge in [0.25, 0.3) is 0 Å². The van der Waals surface area contributed by atoms with Gasteiger partial charge in [0.1, 0.15) is 6.61 Å². The van der Waals surface area contributed by atoms with Crippen LogP contribution in [-0.2, 0) is 28.5 Å². The molecule has 0 rings (SSSR count). The number of carbonyl (C=O) groups excluding carboxylic acids is 2. The van der Waals surface area contributed by atoms with Crippen LogP contribution >= 0.6 is 0 Å². The monoisotopic (exact) mass is 402 g/mol. The third kappa shape index (κ3) is 20.5. The number of ether oxygens (including phenoxy) is 5. The number of amides is 2. The second kappa shape index (κ2) is 17.3. The summed E-state index contributed by atoms with van der Waals surface area (Å²) >= 11 is 0.